The second kappa shape index (κ2) is 6.67. The van der Waals surface area contributed by atoms with Crippen LogP contribution in [0.1, 0.15) is 29.4 Å². The first-order valence-corrected chi connectivity index (χ1v) is 8.08. The van der Waals surface area contributed by atoms with Crippen molar-refractivity contribution in [2.45, 2.75) is 18.9 Å². The average molecular weight is 371 g/mol. The number of aromatic hydroxyl groups is 1. The maximum Gasteiger partial charge on any atom is 0.274 e. The van der Waals surface area contributed by atoms with Crippen LogP contribution in [-0.2, 0) is 10.3 Å². The van der Waals surface area contributed by atoms with E-state index in [0.717, 1.165) is 6.20 Å². The van der Waals surface area contributed by atoms with Crippen molar-refractivity contribution in [2.75, 3.05) is 12.4 Å². The van der Waals surface area contributed by atoms with Crippen LogP contribution in [0.15, 0.2) is 41.5 Å². The maximum atomic E-state index is 14.5. The van der Waals surface area contributed by atoms with Gasteiger partial charge in [-0.3, -0.25) is 14.5 Å². The molecule has 0 spiro atoms. The van der Waals surface area contributed by atoms with E-state index in [1.807, 2.05) is 0 Å². The normalized spacial score (nSPS) is 19.6. The van der Waals surface area contributed by atoms with Gasteiger partial charge in [0.15, 0.2) is 5.96 Å². The number of rotatable bonds is 3. The van der Waals surface area contributed by atoms with Crippen LogP contribution >= 0.6 is 0 Å². The number of aliphatic imine (C=N–C) groups is 1. The highest BCUT2D eigenvalue weighted by Crippen LogP contribution is 2.35. The van der Waals surface area contributed by atoms with Crippen molar-refractivity contribution in [3.63, 3.8) is 0 Å². The summed E-state index contributed by atoms with van der Waals surface area (Å²) in [5, 5.41) is 11.8. The third-order valence-electron chi connectivity index (χ3n) is 4.36. The number of carbonyl (C=O) groups excluding carboxylic acids is 2. The zero-order valence-electron chi connectivity index (χ0n) is 14.7. The molecule has 0 bridgehead atoms. The highest BCUT2D eigenvalue weighted by Gasteiger charge is 2.38. The van der Waals surface area contributed by atoms with Crippen molar-refractivity contribution in [3.8, 4) is 5.75 Å². The summed E-state index contributed by atoms with van der Waals surface area (Å²) in [7, 11) is 1.50. The molecule has 1 atom stereocenters. The number of aromatic nitrogens is 1. The third kappa shape index (κ3) is 3.57. The lowest BCUT2D eigenvalue weighted by Crippen LogP contribution is -2.47. The van der Waals surface area contributed by atoms with Crippen molar-refractivity contribution in [1.29, 1.82) is 0 Å². The van der Waals surface area contributed by atoms with Gasteiger partial charge in [-0.05, 0) is 37.3 Å². The van der Waals surface area contributed by atoms with Crippen LogP contribution in [0.5, 0.6) is 5.75 Å². The molecule has 0 saturated carbocycles. The van der Waals surface area contributed by atoms with Gasteiger partial charge in [0.1, 0.15) is 17.3 Å². The highest BCUT2D eigenvalue weighted by molar-refractivity contribution is 6.03. The quantitative estimate of drug-likeness (QED) is 0.756. The summed E-state index contributed by atoms with van der Waals surface area (Å²) in [6.07, 6.45) is 1.09. The molecule has 27 heavy (non-hydrogen) atoms. The van der Waals surface area contributed by atoms with Crippen LogP contribution in [-0.4, -0.2) is 39.8 Å². The number of amides is 2. The first-order valence-electron chi connectivity index (χ1n) is 8.08. The lowest BCUT2D eigenvalue weighted by Gasteiger charge is -2.34. The maximum absolute atomic E-state index is 14.5. The molecule has 1 aromatic carbocycles. The van der Waals surface area contributed by atoms with Gasteiger partial charge in [0, 0.05) is 18.3 Å². The largest absolute Gasteiger partial charge is 0.506 e. The van der Waals surface area contributed by atoms with Gasteiger partial charge in [-0.2, -0.15) is 0 Å². The van der Waals surface area contributed by atoms with Crippen LogP contribution in [0.3, 0.4) is 0 Å². The number of benzene rings is 1. The molecule has 8 nitrogen and oxygen atoms in total. The van der Waals surface area contributed by atoms with E-state index >= 15 is 0 Å². The number of nitrogens with two attached hydrogens (primary N) is 1. The Hall–Kier alpha value is -3.49. The van der Waals surface area contributed by atoms with Gasteiger partial charge in [0.2, 0.25) is 5.91 Å². The topological polar surface area (TPSA) is 121 Å². The van der Waals surface area contributed by atoms with E-state index in [2.05, 4.69) is 15.3 Å². The van der Waals surface area contributed by atoms with E-state index in [0.29, 0.717) is 5.69 Å². The van der Waals surface area contributed by atoms with Crippen LogP contribution in [0.2, 0.25) is 0 Å². The second-order valence-corrected chi connectivity index (χ2v) is 6.42. The van der Waals surface area contributed by atoms with E-state index in [1.165, 1.54) is 42.3 Å². The SMILES string of the molecule is CN1C(=O)CC(C)(c2cc(NC(=O)c3ccc(O)cn3)ccc2F)N=C1N. The fourth-order valence-corrected chi connectivity index (χ4v) is 2.79. The molecule has 140 valence electrons. The third-order valence-corrected chi connectivity index (χ3v) is 4.36. The highest BCUT2D eigenvalue weighted by atomic mass is 19.1. The van der Waals surface area contributed by atoms with Crippen LogP contribution in [0.25, 0.3) is 0 Å². The summed E-state index contributed by atoms with van der Waals surface area (Å²) in [5.74, 6) is -1.44. The summed E-state index contributed by atoms with van der Waals surface area (Å²) in [4.78, 5) is 33.7. The molecule has 2 aromatic rings. The lowest BCUT2D eigenvalue weighted by atomic mass is 9.87. The fraction of sp³-hybridized carbons (Fsp3) is 0.222. The summed E-state index contributed by atoms with van der Waals surface area (Å²) in [6.45, 7) is 1.61. The standard InChI is InChI=1S/C18H18FN5O3/c1-18(8-15(26)24(2)17(20)23-18)12-7-10(3-5-13(12)19)22-16(27)14-6-4-11(25)9-21-14/h3-7,9,25H,8H2,1-2H3,(H2,20,23)(H,22,27). The molecule has 1 unspecified atom stereocenters. The van der Waals surface area contributed by atoms with Gasteiger partial charge in [0.05, 0.1) is 18.2 Å². The molecule has 1 aliphatic rings. The molecule has 4 N–H and O–H groups in total. The predicted octanol–water partition coefficient (Wildman–Crippen LogP) is 1.57. The molecule has 0 radical (unpaired) electrons. The minimum Gasteiger partial charge on any atom is -0.506 e. The number of halogens is 1. The monoisotopic (exact) mass is 371 g/mol. The van der Waals surface area contributed by atoms with Crippen molar-refractivity contribution >= 4 is 23.5 Å². The molecule has 2 heterocycles. The number of nitrogens with zero attached hydrogens (tertiary/aromatic N) is 3. The number of hydrogen-bond donors (Lipinski definition) is 3. The van der Waals surface area contributed by atoms with Crippen molar-refractivity contribution in [3.05, 3.63) is 53.6 Å². The van der Waals surface area contributed by atoms with Crippen LogP contribution in [0, 0.1) is 5.82 Å². The smallest absolute Gasteiger partial charge is 0.274 e. The van der Waals surface area contributed by atoms with Gasteiger partial charge in [-0.25, -0.2) is 14.4 Å². The van der Waals surface area contributed by atoms with Gasteiger partial charge in [-0.1, -0.05) is 0 Å². The minimum absolute atomic E-state index is 0.00381. The Morgan fingerprint density at radius 2 is 2.11 bits per heavy atom. The Morgan fingerprint density at radius 1 is 1.37 bits per heavy atom. The van der Waals surface area contributed by atoms with E-state index in [4.69, 9.17) is 5.73 Å². The number of carbonyl (C=O) groups is 2. The summed E-state index contributed by atoms with van der Waals surface area (Å²) < 4.78 is 14.5. The fourth-order valence-electron chi connectivity index (χ4n) is 2.79. The number of anilines is 1. The van der Waals surface area contributed by atoms with Crippen molar-refractivity contribution in [2.24, 2.45) is 10.7 Å². The van der Waals surface area contributed by atoms with E-state index in [1.54, 1.807) is 6.92 Å². The first-order chi connectivity index (χ1) is 12.7. The van der Waals surface area contributed by atoms with Crippen LogP contribution in [0.4, 0.5) is 10.1 Å². The average Bonchev–Trinajstić information content (AvgIpc) is 2.61. The minimum atomic E-state index is -1.19. The Kier molecular flexibility index (Phi) is 4.52. The lowest BCUT2D eigenvalue weighted by molar-refractivity contribution is -0.128. The van der Waals surface area contributed by atoms with E-state index < -0.39 is 17.3 Å². The molecule has 2 amide bonds. The summed E-state index contributed by atoms with van der Waals surface area (Å²) in [5.41, 5.74) is 5.13. The molecule has 9 heteroatoms. The summed E-state index contributed by atoms with van der Waals surface area (Å²) in [6, 6.07) is 6.69. The van der Waals surface area contributed by atoms with E-state index in [-0.39, 0.29) is 35.3 Å². The number of pyridine rings is 1. The molecule has 0 aliphatic carbocycles. The molecule has 3 rings (SSSR count). The van der Waals surface area contributed by atoms with Crippen molar-refractivity contribution in [1.82, 2.24) is 9.88 Å². The zero-order valence-corrected chi connectivity index (χ0v) is 14.7. The Labute approximate surface area is 154 Å². The number of nitrogens with one attached hydrogen (secondary N) is 1. The molecular weight excluding hydrogens is 353 g/mol. The first kappa shape index (κ1) is 18.3. The number of guanidine groups is 1. The molecule has 0 fully saturated rings. The van der Waals surface area contributed by atoms with Gasteiger partial charge >= 0.3 is 0 Å². The zero-order chi connectivity index (χ0) is 19.8. The van der Waals surface area contributed by atoms with Gasteiger partial charge in [-0.15, -0.1) is 0 Å². The van der Waals surface area contributed by atoms with E-state index in [9.17, 15) is 19.1 Å². The predicted molar refractivity (Wildman–Crippen MR) is 96.6 cm³/mol. The molecule has 0 saturated heterocycles. The Morgan fingerprint density at radius 3 is 2.74 bits per heavy atom. The Bertz CT molecular complexity index is 945. The molecule has 1 aromatic heterocycles. The molecule has 1 aliphatic heterocycles. The number of hydrogen-bond acceptors (Lipinski definition) is 6. The van der Waals surface area contributed by atoms with Crippen LogP contribution < -0.4 is 11.1 Å². The molecular formula is C18H18FN5O3. The van der Waals surface area contributed by atoms with Crippen molar-refractivity contribution < 1.29 is 19.1 Å². The second-order valence-electron chi connectivity index (χ2n) is 6.42. The van der Waals surface area contributed by atoms with Gasteiger partial charge in [0.25, 0.3) is 5.91 Å². The van der Waals surface area contributed by atoms with Gasteiger partial charge < -0.3 is 16.2 Å². The Balaban J connectivity index is 1.92. The summed E-state index contributed by atoms with van der Waals surface area (Å²) >= 11 is 0.